The van der Waals surface area contributed by atoms with Crippen molar-refractivity contribution in [2.24, 2.45) is 0 Å². The van der Waals surface area contributed by atoms with Crippen LogP contribution in [0.2, 0.25) is 0 Å². The molecule has 132 valence electrons. The molecule has 0 radical (unpaired) electrons. The van der Waals surface area contributed by atoms with Gasteiger partial charge < -0.3 is 29.2 Å². The van der Waals surface area contributed by atoms with Crippen LogP contribution in [0.5, 0.6) is 34.5 Å². The van der Waals surface area contributed by atoms with Crippen LogP contribution >= 0.6 is 0 Å². The third kappa shape index (κ3) is 2.88. The van der Waals surface area contributed by atoms with Crippen LogP contribution in [0.15, 0.2) is 24.3 Å². The molecule has 1 atom stereocenters. The zero-order chi connectivity index (χ0) is 18.1. The van der Waals surface area contributed by atoms with Crippen molar-refractivity contribution in [3.05, 3.63) is 35.4 Å². The summed E-state index contributed by atoms with van der Waals surface area (Å²) in [5.74, 6) is 0.919. The van der Waals surface area contributed by atoms with Crippen LogP contribution in [0.25, 0.3) is 0 Å². The molecule has 25 heavy (non-hydrogen) atoms. The lowest BCUT2D eigenvalue weighted by Gasteiger charge is -2.26. The van der Waals surface area contributed by atoms with Gasteiger partial charge in [-0.05, 0) is 12.1 Å². The fraction of sp³-hybridized carbons (Fsp3) is 0.278. The summed E-state index contributed by atoms with van der Waals surface area (Å²) >= 11 is 0. The molecule has 3 rings (SSSR count). The molecule has 0 aliphatic carbocycles. The normalized spacial score (nSPS) is 16.0. The topological polar surface area (TPSA) is 94.5 Å². The van der Waals surface area contributed by atoms with Gasteiger partial charge in [0.2, 0.25) is 5.75 Å². The van der Waals surface area contributed by atoms with E-state index < -0.39 is 6.10 Å². The molecule has 0 bridgehead atoms. The second-order valence-corrected chi connectivity index (χ2v) is 5.54. The Bertz CT molecular complexity index is 803. The highest BCUT2D eigenvalue weighted by Crippen LogP contribution is 2.44. The molecular formula is C18H18O7. The lowest BCUT2D eigenvalue weighted by atomic mass is 9.95. The van der Waals surface area contributed by atoms with Crippen LogP contribution in [-0.4, -0.2) is 37.3 Å². The third-order valence-electron chi connectivity index (χ3n) is 4.05. The van der Waals surface area contributed by atoms with Crippen LogP contribution in [0.3, 0.4) is 0 Å². The van der Waals surface area contributed by atoms with E-state index in [1.807, 2.05) is 0 Å². The standard InChI is InChI=1S/C18H18O7/c1-22-15-4-9(5-16(23-2)18(15)24-3)17-13(21)8-11-12(20)6-10(19)7-14(11)25-17/h4-7,17,19-20H,8H2,1-3H3. The molecule has 0 aromatic heterocycles. The number of ketones is 1. The molecule has 0 fully saturated rings. The Labute approximate surface area is 144 Å². The summed E-state index contributed by atoms with van der Waals surface area (Å²) in [7, 11) is 4.45. The average Bonchev–Trinajstić information content (AvgIpc) is 2.60. The number of carbonyl (C=O) groups is 1. The quantitative estimate of drug-likeness (QED) is 0.877. The number of phenols is 2. The second kappa shape index (κ2) is 6.43. The maximum Gasteiger partial charge on any atom is 0.203 e. The average molecular weight is 346 g/mol. The summed E-state index contributed by atoms with van der Waals surface area (Å²) in [4.78, 5) is 12.5. The first kappa shape index (κ1) is 16.8. The molecule has 1 aliphatic rings. The van der Waals surface area contributed by atoms with Gasteiger partial charge in [-0.3, -0.25) is 4.79 Å². The van der Waals surface area contributed by atoms with Gasteiger partial charge in [0.05, 0.1) is 21.3 Å². The molecule has 0 saturated heterocycles. The lowest BCUT2D eigenvalue weighted by molar-refractivity contribution is -0.126. The number of ether oxygens (including phenoxy) is 4. The maximum absolute atomic E-state index is 12.5. The first-order valence-corrected chi connectivity index (χ1v) is 7.52. The molecule has 7 heteroatoms. The lowest BCUT2D eigenvalue weighted by Crippen LogP contribution is -2.26. The highest BCUT2D eigenvalue weighted by molar-refractivity contribution is 5.90. The molecule has 1 aliphatic heterocycles. The summed E-state index contributed by atoms with van der Waals surface area (Å²) < 4.78 is 21.6. The Morgan fingerprint density at radius 3 is 2.20 bits per heavy atom. The largest absolute Gasteiger partial charge is 0.508 e. The van der Waals surface area contributed by atoms with E-state index in [2.05, 4.69) is 0 Å². The van der Waals surface area contributed by atoms with E-state index in [1.54, 1.807) is 12.1 Å². The van der Waals surface area contributed by atoms with E-state index in [9.17, 15) is 15.0 Å². The molecule has 2 aromatic carbocycles. The highest BCUT2D eigenvalue weighted by Gasteiger charge is 2.33. The molecule has 1 unspecified atom stereocenters. The van der Waals surface area contributed by atoms with Crippen molar-refractivity contribution in [2.45, 2.75) is 12.5 Å². The Hall–Kier alpha value is -3.09. The zero-order valence-electron chi connectivity index (χ0n) is 14.0. The van der Waals surface area contributed by atoms with Gasteiger partial charge in [-0.25, -0.2) is 0 Å². The van der Waals surface area contributed by atoms with Crippen molar-refractivity contribution in [1.82, 2.24) is 0 Å². The van der Waals surface area contributed by atoms with E-state index in [0.29, 0.717) is 28.4 Å². The Balaban J connectivity index is 2.06. The summed E-state index contributed by atoms with van der Waals surface area (Å²) in [5.41, 5.74) is 0.875. The minimum atomic E-state index is -0.914. The van der Waals surface area contributed by atoms with Crippen molar-refractivity contribution in [2.75, 3.05) is 21.3 Å². The van der Waals surface area contributed by atoms with Crippen LogP contribution in [0, 0.1) is 0 Å². The molecule has 0 amide bonds. The molecule has 2 N–H and O–H groups in total. The summed E-state index contributed by atoms with van der Waals surface area (Å²) in [6.45, 7) is 0. The van der Waals surface area contributed by atoms with Crippen molar-refractivity contribution in [3.8, 4) is 34.5 Å². The number of hydrogen-bond acceptors (Lipinski definition) is 7. The first-order chi connectivity index (χ1) is 12.0. The fourth-order valence-corrected chi connectivity index (χ4v) is 2.87. The number of benzene rings is 2. The van der Waals surface area contributed by atoms with Crippen molar-refractivity contribution in [3.63, 3.8) is 0 Å². The molecule has 1 heterocycles. The highest BCUT2D eigenvalue weighted by atomic mass is 16.5. The monoisotopic (exact) mass is 346 g/mol. The predicted octanol–water partition coefficient (Wildman–Crippen LogP) is 2.37. The van der Waals surface area contributed by atoms with E-state index in [-0.39, 0.29) is 29.5 Å². The van der Waals surface area contributed by atoms with E-state index in [4.69, 9.17) is 18.9 Å². The van der Waals surface area contributed by atoms with Gasteiger partial charge in [0.15, 0.2) is 23.4 Å². The fourth-order valence-electron chi connectivity index (χ4n) is 2.87. The molecule has 7 nitrogen and oxygen atoms in total. The van der Waals surface area contributed by atoms with E-state index >= 15 is 0 Å². The number of carbonyl (C=O) groups excluding carboxylic acids is 1. The predicted molar refractivity (Wildman–Crippen MR) is 87.9 cm³/mol. The number of fused-ring (bicyclic) bond motifs is 1. The number of Topliss-reactive ketones (excluding diaryl/α,β-unsaturated/α-hetero) is 1. The van der Waals surface area contributed by atoms with Gasteiger partial charge in [0.25, 0.3) is 0 Å². The summed E-state index contributed by atoms with van der Waals surface area (Å²) in [5, 5.41) is 19.5. The minimum Gasteiger partial charge on any atom is -0.508 e. The Morgan fingerprint density at radius 2 is 1.64 bits per heavy atom. The van der Waals surface area contributed by atoms with Crippen molar-refractivity contribution in [1.29, 1.82) is 0 Å². The number of hydrogen-bond donors (Lipinski definition) is 2. The number of methoxy groups -OCH3 is 3. The number of aromatic hydroxyl groups is 2. The van der Waals surface area contributed by atoms with Crippen LogP contribution in [-0.2, 0) is 11.2 Å². The Kier molecular flexibility index (Phi) is 4.31. The molecule has 0 saturated carbocycles. The van der Waals surface area contributed by atoms with E-state index in [1.165, 1.54) is 33.5 Å². The van der Waals surface area contributed by atoms with Gasteiger partial charge in [-0.15, -0.1) is 0 Å². The molecule has 2 aromatic rings. The van der Waals surface area contributed by atoms with Crippen LogP contribution < -0.4 is 18.9 Å². The Morgan fingerprint density at radius 1 is 1.00 bits per heavy atom. The third-order valence-corrected chi connectivity index (χ3v) is 4.05. The van der Waals surface area contributed by atoms with E-state index in [0.717, 1.165) is 0 Å². The summed E-state index contributed by atoms with van der Waals surface area (Å²) in [6, 6.07) is 5.82. The van der Waals surface area contributed by atoms with Crippen LogP contribution in [0.4, 0.5) is 0 Å². The van der Waals surface area contributed by atoms with Gasteiger partial charge in [-0.2, -0.15) is 0 Å². The zero-order valence-corrected chi connectivity index (χ0v) is 14.0. The van der Waals surface area contributed by atoms with Gasteiger partial charge >= 0.3 is 0 Å². The second-order valence-electron chi connectivity index (χ2n) is 5.54. The van der Waals surface area contributed by atoms with Gasteiger partial charge in [-0.1, -0.05) is 0 Å². The van der Waals surface area contributed by atoms with Crippen molar-refractivity contribution >= 4 is 5.78 Å². The first-order valence-electron chi connectivity index (χ1n) is 7.52. The van der Waals surface area contributed by atoms with Crippen LogP contribution in [0.1, 0.15) is 17.2 Å². The number of rotatable bonds is 4. The minimum absolute atomic E-state index is 0.0111. The summed E-state index contributed by atoms with van der Waals surface area (Å²) in [6.07, 6.45) is -0.926. The molecular weight excluding hydrogens is 328 g/mol. The van der Waals surface area contributed by atoms with Gasteiger partial charge in [0, 0.05) is 29.7 Å². The maximum atomic E-state index is 12.5. The van der Waals surface area contributed by atoms with Crippen molar-refractivity contribution < 1.29 is 34.0 Å². The smallest absolute Gasteiger partial charge is 0.203 e. The number of phenolic OH excluding ortho intramolecular Hbond substituents is 2. The van der Waals surface area contributed by atoms with Gasteiger partial charge in [0.1, 0.15) is 17.2 Å². The SMILES string of the molecule is COc1cc(C2Oc3cc(O)cc(O)c3CC2=O)cc(OC)c1OC. The molecule has 0 spiro atoms.